The molecule has 3 aromatic rings. The number of rotatable bonds is 6. The number of aromatic amines is 1. The van der Waals surface area contributed by atoms with E-state index < -0.39 is 0 Å². The first-order valence-corrected chi connectivity index (χ1v) is 12.0. The van der Waals surface area contributed by atoms with Crippen molar-refractivity contribution in [2.45, 2.75) is 18.8 Å². The Morgan fingerprint density at radius 3 is 2.63 bits per heavy atom. The summed E-state index contributed by atoms with van der Waals surface area (Å²) in [7, 11) is 0. The predicted octanol–water partition coefficient (Wildman–Crippen LogP) is 5.01. The Bertz CT molecular complexity index is 1010. The van der Waals surface area contributed by atoms with E-state index in [4.69, 9.17) is 0 Å². The quantitative estimate of drug-likeness (QED) is 0.515. The number of amides is 2. The molecule has 0 aliphatic carbocycles. The van der Waals surface area contributed by atoms with Gasteiger partial charge in [0.15, 0.2) is 0 Å². The van der Waals surface area contributed by atoms with Gasteiger partial charge >= 0.3 is 0 Å². The Morgan fingerprint density at radius 2 is 1.87 bits per heavy atom. The van der Waals surface area contributed by atoms with Gasteiger partial charge in [0.05, 0.1) is 11.5 Å². The maximum Gasteiger partial charge on any atom is 0.234 e. The zero-order valence-corrected chi connectivity index (χ0v) is 19.0. The van der Waals surface area contributed by atoms with Crippen molar-refractivity contribution >= 4 is 56.1 Å². The standard InChI is InChI=1S/C23H24BrN3O2S/c24-18-5-3-6-19(13-18)25-22(28)14-30-15-23(29)27-10-8-16(9-11-27)21-12-17-4-1-2-7-20(17)26-21/h1-7,12-13,16,26H,8-11,14-15H2,(H,25,28). The van der Waals surface area contributed by atoms with E-state index in [1.165, 1.54) is 28.4 Å². The summed E-state index contributed by atoms with van der Waals surface area (Å²) in [5.41, 5.74) is 3.19. The van der Waals surface area contributed by atoms with Gasteiger partial charge in [-0.15, -0.1) is 11.8 Å². The maximum atomic E-state index is 12.5. The van der Waals surface area contributed by atoms with Crippen molar-refractivity contribution in [3.63, 3.8) is 0 Å². The number of piperidine rings is 1. The molecular weight excluding hydrogens is 462 g/mol. The van der Waals surface area contributed by atoms with Crippen molar-refractivity contribution in [3.8, 4) is 0 Å². The molecule has 0 bridgehead atoms. The molecule has 0 atom stereocenters. The minimum atomic E-state index is -0.0941. The minimum Gasteiger partial charge on any atom is -0.358 e. The number of carbonyl (C=O) groups is 2. The number of carbonyl (C=O) groups excluding carboxylic acids is 2. The summed E-state index contributed by atoms with van der Waals surface area (Å²) in [6.45, 7) is 1.54. The molecule has 156 valence electrons. The molecule has 5 nitrogen and oxygen atoms in total. The highest BCUT2D eigenvalue weighted by atomic mass is 79.9. The molecule has 0 spiro atoms. The lowest BCUT2D eigenvalue weighted by molar-refractivity contribution is -0.129. The molecule has 0 unspecified atom stereocenters. The SMILES string of the molecule is O=C(CSCC(=O)N1CCC(c2cc3ccccc3[nH]2)CC1)Nc1cccc(Br)c1. The average molecular weight is 486 g/mol. The van der Waals surface area contributed by atoms with Crippen LogP contribution in [-0.4, -0.2) is 46.3 Å². The molecule has 0 radical (unpaired) electrons. The molecule has 30 heavy (non-hydrogen) atoms. The highest BCUT2D eigenvalue weighted by Crippen LogP contribution is 2.30. The van der Waals surface area contributed by atoms with E-state index in [1.54, 1.807) is 0 Å². The van der Waals surface area contributed by atoms with E-state index in [0.717, 1.165) is 36.1 Å². The Balaban J connectivity index is 1.20. The summed E-state index contributed by atoms with van der Waals surface area (Å²) in [6.07, 6.45) is 1.93. The molecule has 1 saturated heterocycles. The van der Waals surface area contributed by atoms with Crippen molar-refractivity contribution in [3.05, 3.63) is 64.8 Å². The molecule has 4 rings (SSSR count). The normalized spacial score (nSPS) is 14.8. The van der Waals surface area contributed by atoms with Crippen molar-refractivity contribution in [2.75, 3.05) is 29.9 Å². The number of aromatic nitrogens is 1. The lowest BCUT2D eigenvalue weighted by Crippen LogP contribution is -2.39. The smallest absolute Gasteiger partial charge is 0.234 e. The summed E-state index contributed by atoms with van der Waals surface area (Å²) < 4.78 is 0.916. The molecule has 1 aromatic heterocycles. The topological polar surface area (TPSA) is 65.2 Å². The first-order valence-electron chi connectivity index (χ1n) is 10.1. The van der Waals surface area contributed by atoms with Crippen LogP contribution in [-0.2, 0) is 9.59 Å². The van der Waals surface area contributed by atoms with Gasteiger partial charge in [-0.25, -0.2) is 0 Å². The monoisotopic (exact) mass is 485 g/mol. The fraction of sp³-hybridized carbons (Fsp3) is 0.304. The van der Waals surface area contributed by atoms with Gasteiger partial charge in [0, 0.05) is 40.4 Å². The van der Waals surface area contributed by atoms with Gasteiger partial charge in [-0.05, 0) is 48.6 Å². The van der Waals surface area contributed by atoms with Crippen LogP contribution in [0.2, 0.25) is 0 Å². The number of hydrogen-bond donors (Lipinski definition) is 2. The van der Waals surface area contributed by atoms with Crippen molar-refractivity contribution in [1.82, 2.24) is 9.88 Å². The van der Waals surface area contributed by atoms with Gasteiger partial charge in [-0.3, -0.25) is 9.59 Å². The number of thioether (sulfide) groups is 1. The summed E-state index contributed by atoms with van der Waals surface area (Å²) in [4.78, 5) is 30.1. The first-order chi connectivity index (χ1) is 14.6. The zero-order chi connectivity index (χ0) is 20.9. The van der Waals surface area contributed by atoms with Crippen LogP contribution >= 0.6 is 27.7 Å². The van der Waals surface area contributed by atoms with Gasteiger partial charge in [0.2, 0.25) is 11.8 Å². The van der Waals surface area contributed by atoms with Gasteiger partial charge in [0.1, 0.15) is 0 Å². The van der Waals surface area contributed by atoms with Crippen LogP contribution < -0.4 is 5.32 Å². The molecular formula is C23H24BrN3O2S. The van der Waals surface area contributed by atoms with E-state index in [-0.39, 0.29) is 17.6 Å². The van der Waals surface area contributed by atoms with Crippen LogP contribution in [0.5, 0.6) is 0 Å². The minimum absolute atomic E-state index is 0.0941. The van der Waals surface area contributed by atoms with E-state index in [0.29, 0.717) is 11.7 Å². The fourth-order valence-corrected chi connectivity index (χ4v) is 4.96. The summed E-state index contributed by atoms with van der Waals surface area (Å²) >= 11 is 4.75. The highest BCUT2D eigenvalue weighted by Gasteiger charge is 2.24. The van der Waals surface area contributed by atoms with Crippen molar-refractivity contribution in [1.29, 1.82) is 0 Å². The second-order valence-corrected chi connectivity index (χ2v) is 9.42. The Hall–Kier alpha value is -2.25. The Morgan fingerprint density at radius 1 is 1.07 bits per heavy atom. The predicted molar refractivity (Wildman–Crippen MR) is 127 cm³/mol. The second-order valence-electron chi connectivity index (χ2n) is 7.52. The number of anilines is 1. The van der Waals surface area contributed by atoms with Gasteiger partial charge in [-0.2, -0.15) is 0 Å². The third-order valence-electron chi connectivity index (χ3n) is 5.41. The van der Waals surface area contributed by atoms with E-state index in [2.05, 4.69) is 50.5 Å². The molecule has 2 amide bonds. The Kier molecular flexibility index (Phi) is 6.79. The molecule has 1 aliphatic heterocycles. The third kappa shape index (κ3) is 5.26. The number of fused-ring (bicyclic) bond motifs is 1. The molecule has 2 aromatic carbocycles. The number of para-hydroxylation sites is 1. The summed E-state index contributed by atoms with van der Waals surface area (Å²) in [5, 5.41) is 4.09. The van der Waals surface area contributed by atoms with Crippen LogP contribution in [0.25, 0.3) is 10.9 Å². The van der Waals surface area contributed by atoms with Gasteiger partial charge in [0.25, 0.3) is 0 Å². The number of benzene rings is 2. The van der Waals surface area contributed by atoms with E-state index >= 15 is 0 Å². The molecule has 2 N–H and O–H groups in total. The van der Waals surface area contributed by atoms with Crippen molar-refractivity contribution < 1.29 is 9.59 Å². The Labute approximate surface area is 188 Å². The molecule has 7 heteroatoms. The lowest BCUT2D eigenvalue weighted by Gasteiger charge is -2.31. The van der Waals surface area contributed by atoms with Crippen LogP contribution in [0.4, 0.5) is 5.69 Å². The lowest BCUT2D eigenvalue weighted by atomic mass is 9.93. The van der Waals surface area contributed by atoms with Crippen LogP contribution in [0, 0.1) is 0 Å². The van der Waals surface area contributed by atoms with E-state index in [1.807, 2.05) is 35.2 Å². The van der Waals surface area contributed by atoms with Crippen LogP contribution in [0.3, 0.4) is 0 Å². The molecule has 2 heterocycles. The van der Waals surface area contributed by atoms with Gasteiger partial charge in [-0.1, -0.05) is 40.2 Å². The molecule has 1 fully saturated rings. The molecule has 0 saturated carbocycles. The number of H-pyrrole nitrogens is 1. The van der Waals surface area contributed by atoms with Crippen LogP contribution in [0.1, 0.15) is 24.5 Å². The first kappa shape index (κ1) is 21.0. The number of hydrogen-bond acceptors (Lipinski definition) is 3. The summed E-state index contributed by atoms with van der Waals surface area (Å²) in [5.74, 6) is 1.09. The number of halogens is 1. The summed E-state index contributed by atoms with van der Waals surface area (Å²) in [6, 6.07) is 18.0. The maximum absolute atomic E-state index is 12.5. The van der Waals surface area contributed by atoms with Gasteiger partial charge < -0.3 is 15.2 Å². The number of nitrogens with one attached hydrogen (secondary N) is 2. The van der Waals surface area contributed by atoms with E-state index in [9.17, 15) is 9.59 Å². The largest absolute Gasteiger partial charge is 0.358 e. The van der Waals surface area contributed by atoms with Crippen molar-refractivity contribution in [2.24, 2.45) is 0 Å². The second kappa shape index (κ2) is 9.71. The number of nitrogens with zero attached hydrogens (tertiary/aromatic N) is 1. The number of likely N-dealkylation sites (tertiary alicyclic amines) is 1. The molecule has 1 aliphatic rings. The van der Waals surface area contributed by atoms with Crippen LogP contribution in [0.15, 0.2) is 59.1 Å². The average Bonchev–Trinajstić information content (AvgIpc) is 3.18. The zero-order valence-electron chi connectivity index (χ0n) is 16.6. The highest BCUT2D eigenvalue weighted by molar-refractivity contribution is 9.10. The third-order valence-corrected chi connectivity index (χ3v) is 6.82. The fourth-order valence-electron chi connectivity index (χ4n) is 3.84.